The second kappa shape index (κ2) is 28.6. The smallest absolute Gasteiger partial charge is 0.338 e. The molecule has 5 aromatic rings. The van der Waals surface area contributed by atoms with Gasteiger partial charge in [-0.05, 0) is 64.9 Å². The maximum absolute atomic E-state index is 14.5. The number of nitrogens with zero attached hydrogens (tertiary/aromatic N) is 6. The van der Waals surface area contributed by atoms with Crippen LogP contribution >= 0.6 is 0 Å². The average molecular weight is 1060 g/mol. The Morgan fingerprint density at radius 2 is 0.870 bits per heavy atom. The molecule has 3 aliphatic rings. The maximum atomic E-state index is 14.5. The van der Waals surface area contributed by atoms with Crippen molar-refractivity contribution in [2.75, 3.05) is 20.8 Å². The zero-order chi connectivity index (χ0) is 53.9. The van der Waals surface area contributed by atoms with Crippen molar-refractivity contribution in [1.82, 2.24) is 0 Å². The Morgan fingerprint density at radius 1 is 0.468 bits per heavy atom. The van der Waals surface area contributed by atoms with Gasteiger partial charge in [0.05, 0.1) is 43.2 Å². The highest BCUT2D eigenvalue weighted by Gasteiger charge is 2.57. The number of hydrogen-bond acceptors (Lipinski definition) is 16. The fourth-order valence-electron chi connectivity index (χ4n) is 9.74. The molecule has 3 aliphatic heterocycles. The molecule has 0 aromatic heterocycles. The van der Waals surface area contributed by atoms with E-state index >= 15 is 0 Å². The first-order valence-corrected chi connectivity index (χ1v) is 25.6. The number of carbonyl (C=O) groups excluding carboxylic acids is 2. The highest BCUT2D eigenvalue weighted by Crippen LogP contribution is 2.39. The fraction of sp³-hybridized carbons (Fsp3) is 0.439. The van der Waals surface area contributed by atoms with Crippen LogP contribution in [0.4, 0.5) is 0 Å². The van der Waals surface area contributed by atoms with Crippen LogP contribution in [-0.2, 0) is 76.7 Å². The van der Waals surface area contributed by atoms with Gasteiger partial charge in [0, 0.05) is 24.0 Å². The Morgan fingerprint density at radius 3 is 1.34 bits per heavy atom. The Labute approximate surface area is 446 Å². The summed E-state index contributed by atoms with van der Waals surface area (Å²) in [5.41, 5.74) is 23.1. The van der Waals surface area contributed by atoms with Gasteiger partial charge in [0.15, 0.2) is 25.0 Å². The molecule has 20 heteroatoms. The third-order valence-electron chi connectivity index (χ3n) is 13.6. The predicted octanol–water partition coefficient (Wildman–Crippen LogP) is 9.61. The first-order valence-electron chi connectivity index (χ1n) is 25.6. The van der Waals surface area contributed by atoms with E-state index < -0.39 is 104 Å². The molecule has 77 heavy (non-hydrogen) atoms. The predicted molar refractivity (Wildman–Crippen MR) is 277 cm³/mol. The molecule has 0 bridgehead atoms. The first kappa shape index (κ1) is 56.5. The van der Waals surface area contributed by atoms with Crippen LogP contribution in [0.1, 0.15) is 64.1 Å². The zero-order valence-corrected chi connectivity index (χ0v) is 43.2. The van der Waals surface area contributed by atoms with Gasteiger partial charge in [-0.1, -0.05) is 151 Å². The molecule has 5 aromatic carbocycles. The van der Waals surface area contributed by atoms with Crippen LogP contribution in [-0.4, -0.2) is 125 Å². The normalized spacial score (nSPS) is 29.0. The number of benzene rings is 5. The Hall–Kier alpha value is -6.74. The molecule has 3 fully saturated rings. The van der Waals surface area contributed by atoms with E-state index in [1.54, 1.807) is 60.7 Å². The van der Waals surface area contributed by atoms with E-state index in [1.807, 2.05) is 105 Å². The summed E-state index contributed by atoms with van der Waals surface area (Å²) in [6.07, 6.45) is -13.8. The first-order chi connectivity index (χ1) is 37.8. The molecule has 15 atom stereocenters. The summed E-state index contributed by atoms with van der Waals surface area (Å²) in [4.78, 5) is 34.3. The fourth-order valence-corrected chi connectivity index (χ4v) is 9.74. The Kier molecular flexibility index (Phi) is 21.0. The van der Waals surface area contributed by atoms with E-state index in [1.165, 1.54) is 14.2 Å². The van der Waals surface area contributed by atoms with Gasteiger partial charge in [0.1, 0.15) is 61.4 Å². The number of hydrogen-bond donors (Lipinski definition) is 0. The molecule has 0 saturated carbocycles. The largest absolute Gasteiger partial charge is 0.459 e. The summed E-state index contributed by atoms with van der Waals surface area (Å²) in [5.74, 6) is -1.34. The molecular weight excluding hydrogens is 993 g/mol. The van der Waals surface area contributed by atoms with Crippen LogP contribution in [0, 0.1) is 0 Å². The molecule has 406 valence electrons. The molecular formula is C57H64N6O14. The lowest BCUT2D eigenvalue weighted by molar-refractivity contribution is -0.369. The van der Waals surface area contributed by atoms with Crippen LogP contribution < -0.4 is 0 Å². The number of carbonyl (C=O) groups is 2. The number of rotatable bonds is 24. The third kappa shape index (κ3) is 14.4. The lowest BCUT2D eigenvalue weighted by Crippen LogP contribution is -2.67. The van der Waals surface area contributed by atoms with E-state index in [-0.39, 0.29) is 38.4 Å². The van der Waals surface area contributed by atoms with Crippen molar-refractivity contribution in [2.24, 2.45) is 10.2 Å². The van der Waals surface area contributed by atoms with Crippen molar-refractivity contribution in [3.05, 3.63) is 200 Å². The monoisotopic (exact) mass is 1060 g/mol. The van der Waals surface area contributed by atoms with Crippen LogP contribution in [0.25, 0.3) is 20.9 Å². The molecule has 20 nitrogen and oxygen atoms in total. The standard InChI is InChI=1S/C57H64N6O14/c1-5-41-47(50(44(60-62-58)55(67-4)72-41)69-33-37-24-14-8-15-25-37)77-57-52(75-54(65)40-30-20-11-21-31-40)51(70-34-38-26-16-9-17-27-38)48(42(6-2)73-57)76-56-45(61-63-59)49(68-32-36-22-12-7-13-23-36)46(66-3)43(74-56)35-71-53(64)39-28-18-10-19-29-39/h7-31,41-52,55-57H,5-6,32-35H2,1-4H3/t41?,42-,43?,44-,45-,46?,47?,48+,49-,50-,51?,52?,55?,56?,57-/m0/s1. The van der Waals surface area contributed by atoms with Gasteiger partial charge in [0.2, 0.25) is 0 Å². The van der Waals surface area contributed by atoms with Crippen molar-refractivity contribution < 1.29 is 66.4 Å². The van der Waals surface area contributed by atoms with Gasteiger partial charge in [-0.2, -0.15) is 0 Å². The van der Waals surface area contributed by atoms with E-state index in [4.69, 9.17) is 56.8 Å². The number of ether oxygens (including phenoxy) is 12. The molecule has 0 aliphatic carbocycles. The topological polar surface area (TPSA) is 242 Å². The molecule has 0 N–H and O–H groups in total. The highest BCUT2D eigenvalue weighted by molar-refractivity contribution is 5.89. The number of azide groups is 2. The van der Waals surface area contributed by atoms with Crippen molar-refractivity contribution in [2.45, 2.75) is 139 Å². The third-order valence-corrected chi connectivity index (χ3v) is 13.6. The van der Waals surface area contributed by atoms with Crippen molar-refractivity contribution >= 4 is 11.9 Å². The molecule has 8 unspecified atom stereocenters. The minimum absolute atomic E-state index is 0.00670. The number of esters is 2. The quantitative estimate of drug-likeness (QED) is 0.0242. The zero-order valence-electron chi connectivity index (χ0n) is 43.2. The summed E-state index contributed by atoms with van der Waals surface area (Å²) < 4.78 is 78.7. The van der Waals surface area contributed by atoms with E-state index in [2.05, 4.69) is 20.1 Å². The second-order valence-corrected chi connectivity index (χ2v) is 18.5. The maximum Gasteiger partial charge on any atom is 0.338 e. The summed E-state index contributed by atoms with van der Waals surface area (Å²) in [6, 6.07) is 42.9. The van der Waals surface area contributed by atoms with Gasteiger partial charge in [-0.15, -0.1) is 0 Å². The summed E-state index contributed by atoms with van der Waals surface area (Å²) >= 11 is 0. The second-order valence-electron chi connectivity index (χ2n) is 18.5. The molecule has 8 rings (SSSR count). The van der Waals surface area contributed by atoms with Crippen LogP contribution in [0.5, 0.6) is 0 Å². The van der Waals surface area contributed by atoms with E-state index in [9.17, 15) is 20.7 Å². The van der Waals surface area contributed by atoms with E-state index in [0.29, 0.717) is 12.0 Å². The molecule has 3 heterocycles. The average Bonchev–Trinajstić information content (AvgIpc) is 3.48. The minimum Gasteiger partial charge on any atom is -0.459 e. The molecule has 0 amide bonds. The molecule has 0 radical (unpaired) electrons. The molecule has 0 spiro atoms. The summed E-state index contributed by atoms with van der Waals surface area (Å²) in [6.45, 7) is 3.62. The summed E-state index contributed by atoms with van der Waals surface area (Å²) in [7, 11) is 2.91. The Balaban J connectivity index is 1.20. The molecule has 3 saturated heterocycles. The lowest BCUT2D eigenvalue weighted by atomic mass is 9.93. The SMILES string of the molecule is CCC1OC(OC)[C@@H](N=[N+]=[N-])[C@H](OCc2ccccc2)C1O[C@@H]1O[C@@H](CC)[C@@H](OC2OC(COC(=O)c3ccccc3)C(OC)[C@@H](OCc3ccccc3)[C@@H]2N=[N+]=[N-])C(OCc2ccccc2)C1OC(=O)c1ccccc1. The highest BCUT2D eigenvalue weighted by atomic mass is 16.8. The lowest BCUT2D eigenvalue weighted by Gasteiger charge is -2.51. The van der Waals surface area contributed by atoms with Gasteiger partial charge >= 0.3 is 11.9 Å². The minimum atomic E-state index is -1.45. The summed E-state index contributed by atoms with van der Waals surface area (Å²) in [5, 5.41) is 8.33. The van der Waals surface area contributed by atoms with Gasteiger partial charge in [-0.25, -0.2) is 9.59 Å². The van der Waals surface area contributed by atoms with Gasteiger partial charge in [-0.3, -0.25) is 0 Å². The van der Waals surface area contributed by atoms with Crippen LogP contribution in [0.2, 0.25) is 0 Å². The Bertz CT molecular complexity index is 2690. The van der Waals surface area contributed by atoms with E-state index in [0.717, 1.165) is 16.7 Å². The number of methoxy groups -OCH3 is 2. The van der Waals surface area contributed by atoms with Crippen molar-refractivity contribution in [1.29, 1.82) is 0 Å². The van der Waals surface area contributed by atoms with Crippen molar-refractivity contribution in [3.8, 4) is 0 Å². The van der Waals surface area contributed by atoms with Gasteiger partial charge in [0.25, 0.3) is 0 Å². The van der Waals surface area contributed by atoms with Gasteiger partial charge < -0.3 is 56.8 Å². The van der Waals surface area contributed by atoms with Crippen LogP contribution in [0.15, 0.2) is 162 Å². The van der Waals surface area contributed by atoms with Crippen LogP contribution in [0.3, 0.4) is 0 Å². The van der Waals surface area contributed by atoms with Crippen molar-refractivity contribution in [3.63, 3.8) is 0 Å².